The Bertz CT molecular complexity index is 3110. The molecule has 0 amide bonds. The van der Waals surface area contributed by atoms with Crippen LogP contribution < -0.4 is 0 Å². The molecule has 4 heteroatoms. The lowest BCUT2D eigenvalue weighted by Crippen LogP contribution is -1.93. The van der Waals surface area contributed by atoms with E-state index in [0.29, 0.717) is 0 Å². The Balaban J connectivity index is 1.15. The third kappa shape index (κ3) is 3.63. The number of pyridine rings is 2. The van der Waals surface area contributed by atoms with Crippen LogP contribution in [0.5, 0.6) is 0 Å². The van der Waals surface area contributed by atoms with Crippen molar-refractivity contribution in [1.82, 2.24) is 14.4 Å². The summed E-state index contributed by atoms with van der Waals surface area (Å²) in [7, 11) is 0. The summed E-state index contributed by atoms with van der Waals surface area (Å²) in [6, 6.07) is 52.7. The summed E-state index contributed by atoms with van der Waals surface area (Å²) in [5, 5.41) is 11.0. The molecule has 11 rings (SSSR count). The number of fused-ring (bicyclic) bond motifs is 14. The highest BCUT2D eigenvalue weighted by Gasteiger charge is 2.20. The molecule has 4 heterocycles. The molecule has 0 aliphatic heterocycles. The summed E-state index contributed by atoms with van der Waals surface area (Å²) in [4.78, 5) is 10.2. The maximum atomic E-state index is 5.42. The molecular weight excluding hydrogens is 603 g/mol. The van der Waals surface area contributed by atoms with Gasteiger partial charge in [-0.05, 0) is 56.4 Å². The largest absolute Gasteiger partial charge is 0.291 e. The lowest BCUT2D eigenvalue weighted by Gasteiger charge is -2.11. The van der Waals surface area contributed by atoms with E-state index in [2.05, 4.69) is 150 Å². The third-order valence-corrected chi connectivity index (χ3v) is 11.2. The molecule has 0 aliphatic carbocycles. The van der Waals surface area contributed by atoms with Crippen molar-refractivity contribution in [2.45, 2.75) is 0 Å². The van der Waals surface area contributed by atoms with Gasteiger partial charge in [0, 0.05) is 37.8 Å². The zero-order valence-electron chi connectivity index (χ0n) is 25.7. The summed E-state index contributed by atoms with van der Waals surface area (Å²) in [5.41, 5.74) is 8.81. The molecule has 7 aromatic carbocycles. The number of imidazole rings is 1. The van der Waals surface area contributed by atoms with E-state index in [4.69, 9.17) is 9.97 Å². The van der Waals surface area contributed by atoms with E-state index in [-0.39, 0.29) is 0 Å². The summed E-state index contributed by atoms with van der Waals surface area (Å²) in [6.07, 6.45) is 1.97. The number of rotatable bonds is 2. The van der Waals surface area contributed by atoms with Gasteiger partial charge in [0.15, 0.2) is 5.65 Å². The molecule has 222 valence electrons. The second-order valence-electron chi connectivity index (χ2n) is 12.6. The summed E-state index contributed by atoms with van der Waals surface area (Å²) >= 11 is 1.86. The van der Waals surface area contributed by atoms with Crippen LogP contribution in [0.25, 0.3) is 102 Å². The molecule has 0 saturated heterocycles. The molecule has 0 radical (unpaired) electrons. The maximum Gasteiger partial charge on any atom is 0.156 e. The van der Waals surface area contributed by atoms with Gasteiger partial charge in [0.25, 0.3) is 0 Å². The minimum Gasteiger partial charge on any atom is -0.291 e. The van der Waals surface area contributed by atoms with Crippen molar-refractivity contribution in [2.24, 2.45) is 0 Å². The van der Waals surface area contributed by atoms with E-state index < -0.39 is 0 Å². The first-order valence-corrected chi connectivity index (χ1v) is 17.1. The molecule has 11 aromatic rings. The molecule has 0 saturated carbocycles. The van der Waals surface area contributed by atoms with Crippen molar-refractivity contribution in [3.63, 3.8) is 0 Å². The first kappa shape index (κ1) is 26.0. The number of hydrogen-bond acceptors (Lipinski definition) is 3. The quantitative estimate of drug-likeness (QED) is 0.179. The fourth-order valence-corrected chi connectivity index (χ4v) is 8.94. The smallest absolute Gasteiger partial charge is 0.156 e. The SMILES string of the molecule is c1ccc2c(c1)cnc1cc(-c3ccc(-c4cc5c6ccc7ccccc7c6sc5c5nc6c7ccccc7ccc6n45)cc3)ccc12. The van der Waals surface area contributed by atoms with E-state index >= 15 is 0 Å². The molecule has 4 aromatic heterocycles. The van der Waals surface area contributed by atoms with Crippen molar-refractivity contribution in [2.75, 3.05) is 0 Å². The lowest BCUT2D eigenvalue weighted by molar-refractivity contribution is 1.25. The van der Waals surface area contributed by atoms with Crippen LogP contribution >= 0.6 is 11.3 Å². The van der Waals surface area contributed by atoms with Gasteiger partial charge in [-0.1, -0.05) is 127 Å². The number of hydrogen-bond donors (Lipinski definition) is 0. The number of thiophene rings is 1. The van der Waals surface area contributed by atoms with Crippen LogP contribution in [0.3, 0.4) is 0 Å². The normalized spacial score (nSPS) is 12.2. The van der Waals surface area contributed by atoms with Crippen LogP contribution in [0.15, 0.2) is 152 Å². The average molecular weight is 628 g/mol. The Labute approximate surface area is 279 Å². The van der Waals surface area contributed by atoms with Crippen molar-refractivity contribution in [1.29, 1.82) is 0 Å². The predicted molar refractivity (Wildman–Crippen MR) is 204 cm³/mol. The molecule has 3 nitrogen and oxygen atoms in total. The van der Waals surface area contributed by atoms with E-state index in [1.54, 1.807) is 0 Å². The minimum atomic E-state index is 1.01. The van der Waals surface area contributed by atoms with Crippen LogP contribution in [0.4, 0.5) is 0 Å². The first-order valence-electron chi connectivity index (χ1n) is 16.2. The highest BCUT2D eigenvalue weighted by molar-refractivity contribution is 7.27. The van der Waals surface area contributed by atoms with Gasteiger partial charge < -0.3 is 0 Å². The molecule has 0 bridgehead atoms. The fraction of sp³-hybridized carbons (Fsp3) is 0. The van der Waals surface area contributed by atoms with Crippen molar-refractivity contribution < 1.29 is 0 Å². The van der Waals surface area contributed by atoms with Crippen molar-refractivity contribution in [3.8, 4) is 22.4 Å². The van der Waals surface area contributed by atoms with Crippen molar-refractivity contribution in [3.05, 3.63) is 152 Å². The highest BCUT2D eigenvalue weighted by Crippen LogP contribution is 2.44. The molecule has 0 unspecified atom stereocenters. The second-order valence-corrected chi connectivity index (χ2v) is 13.6. The van der Waals surface area contributed by atoms with Gasteiger partial charge in [-0.25, -0.2) is 4.98 Å². The first-order chi connectivity index (χ1) is 23.8. The zero-order chi connectivity index (χ0) is 31.3. The van der Waals surface area contributed by atoms with Gasteiger partial charge in [0.2, 0.25) is 0 Å². The van der Waals surface area contributed by atoms with Gasteiger partial charge in [-0.15, -0.1) is 11.3 Å². The Morgan fingerprint density at radius 2 is 1.12 bits per heavy atom. The number of aromatic nitrogens is 3. The Hall–Kier alpha value is -6.10. The summed E-state index contributed by atoms with van der Waals surface area (Å²) in [6.45, 7) is 0. The molecule has 0 atom stereocenters. The van der Waals surface area contributed by atoms with E-state index in [0.717, 1.165) is 44.4 Å². The predicted octanol–water partition coefficient (Wildman–Crippen LogP) is 12.2. The van der Waals surface area contributed by atoms with Gasteiger partial charge >= 0.3 is 0 Å². The molecule has 0 fully saturated rings. The zero-order valence-corrected chi connectivity index (χ0v) is 26.5. The standard InChI is InChI=1S/C44H25N3S/c1-5-11-33-27(7-1)19-22-39-41(33)46-44-43-37(36-21-17-28-8-2-6-12-34(28)42(36)48-43)24-40(47(39)44)29-15-13-26(14-16-29)30-18-20-35-32-10-4-3-9-31(32)25-45-38(35)23-30/h1-25H. The Morgan fingerprint density at radius 3 is 1.98 bits per heavy atom. The highest BCUT2D eigenvalue weighted by atomic mass is 32.1. The molecule has 0 N–H and O–H groups in total. The Morgan fingerprint density at radius 1 is 0.458 bits per heavy atom. The van der Waals surface area contributed by atoms with Crippen molar-refractivity contribution >= 4 is 91.4 Å². The van der Waals surface area contributed by atoms with Gasteiger partial charge in [-0.2, -0.15) is 0 Å². The van der Waals surface area contributed by atoms with Gasteiger partial charge in [0.05, 0.1) is 26.9 Å². The lowest BCUT2D eigenvalue weighted by atomic mass is 9.99. The van der Waals surface area contributed by atoms with E-state index in [9.17, 15) is 0 Å². The topological polar surface area (TPSA) is 30.2 Å². The number of nitrogens with zero attached hydrogens (tertiary/aromatic N) is 3. The second kappa shape index (κ2) is 9.71. The molecular formula is C44H25N3S. The number of benzene rings is 7. The van der Waals surface area contributed by atoms with Gasteiger partial charge in [-0.3, -0.25) is 9.38 Å². The van der Waals surface area contributed by atoms with E-state index in [1.165, 1.54) is 58.1 Å². The maximum absolute atomic E-state index is 5.42. The summed E-state index contributed by atoms with van der Waals surface area (Å²) < 4.78 is 4.91. The third-order valence-electron chi connectivity index (χ3n) is 10.00. The molecule has 0 spiro atoms. The summed E-state index contributed by atoms with van der Waals surface area (Å²) in [5.74, 6) is 0. The Kier molecular flexibility index (Phi) is 5.26. The van der Waals surface area contributed by atoms with Crippen LogP contribution in [0, 0.1) is 0 Å². The van der Waals surface area contributed by atoms with E-state index in [1.807, 2.05) is 17.5 Å². The molecule has 0 aliphatic rings. The van der Waals surface area contributed by atoms with Crippen LogP contribution in [0.1, 0.15) is 0 Å². The molecule has 48 heavy (non-hydrogen) atoms. The van der Waals surface area contributed by atoms with Crippen LogP contribution in [-0.2, 0) is 0 Å². The van der Waals surface area contributed by atoms with Crippen LogP contribution in [-0.4, -0.2) is 14.4 Å². The monoisotopic (exact) mass is 627 g/mol. The fourth-order valence-electron chi connectivity index (χ4n) is 7.65. The van der Waals surface area contributed by atoms with Gasteiger partial charge in [0.1, 0.15) is 0 Å². The minimum absolute atomic E-state index is 1.01. The van der Waals surface area contributed by atoms with Crippen LogP contribution in [0.2, 0.25) is 0 Å². The average Bonchev–Trinajstić information content (AvgIpc) is 3.74.